The molecule has 1 aliphatic rings. The van der Waals surface area contributed by atoms with Crippen LogP contribution in [0.5, 0.6) is 0 Å². The summed E-state index contributed by atoms with van der Waals surface area (Å²) in [6.07, 6.45) is 1.17. The van der Waals surface area contributed by atoms with E-state index in [2.05, 4.69) is 16.4 Å². The summed E-state index contributed by atoms with van der Waals surface area (Å²) in [6, 6.07) is 4.02. The third-order valence-corrected chi connectivity index (χ3v) is 4.02. The van der Waals surface area contributed by atoms with E-state index >= 15 is 0 Å². The summed E-state index contributed by atoms with van der Waals surface area (Å²) in [5.41, 5.74) is 7.14. The van der Waals surface area contributed by atoms with Gasteiger partial charge < -0.3 is 15.8 Å². The Morgan fingerprint density at radius 1 is 1.52 bits per heavy atom. The Kier molecular flexibility index (Phi) is 4.43. The lowest BCUT2D eigenvalue weighted by molar-refractivity contribution is -0.132. The molecule has 1 amide bonds. The van der Waals surface area contributed by atoms with Gasteiger partial charge in [-0.1, -0.05) is 0 Å². The highest BCUT2D eigenvalue weighted by molar-refractivity contribution is 5.81. The number of nitrogens with zero attached hydrogens (tertiary/aromatic N) is 2. The molecule has 0 radical (unpaired) electrons. The average Bonchev–Trinajstić information content (AvgIpc) is 2.45. The summed E-state index contributed by atoms with van der Waals surface area (Å²) < 4.78 is 5.31. The highest BCUT2D eigenvalue weighted by atomic mass is 16.5. The number of nitrogens with one attached hydrogen (secondary N) is 1. The lowest BCUT2D eigenvalue weighted by Gasteiger charge is -2.34. The van der Waals surface area contributed by atoms with Crippen LogP contribution in [0.2, 0.25) is 0 Å². The first-order chi connectivity index (χ1) is 9.98. The van der Waals surface area contributed by atoms with Crippen LogP contribution in [0.15, 0.2) is 6.07 Å². The van der Waals surface area contributed by atoms with Gasteiger partial charge in [0.2, 0.25) is 5.91 Å². The number of pyridine rings is 1. The van der Waals surface area contributed by atoms with Gasteiger partial charge in [0, 0.05) is 25.5 Å². The van der Waals surface area contributed by atoms with E-state index in [1.807, 2.05) is 19.9 Å². The first-order valence-corrected chi connectivity index (χ1v) is 6.98. The third kappa shape index (κ3) is 3.14. The first kappa shape index (κ1) is 15.3. The maximum absolute atomic E-state index is 11.8. The summed E-state index contributed by atoms with van der Waals surface area (Å²) in [7, 11) is 0. The number of anilines is 1. The van der Waals surface area contributed by atoms with Crippen LogP contribution in [0.4, 0.5) is 5.82 Å². The van der Waals surface area contributed by atoms with Gasteiger partial charge in [0.1, 0.15) is 11.9 Å². The minimum atomic E-state index is -0.635. The Hall–Kier alpha value is -2.13. The molecule has 0 spiro atoms. The molecule has 1 saturated heterocycles. The van der Waals surface area contributed by atoms with Crippen LogP contribution in [0.1, 0.15) is 29.7 Å². The Bertz CT molecular complexity index is 586. The van der Waals surface area contributed by atoms with E-state index < -0.39 is 5.41 Å². The number of hydrogen-bond acceptors (Lipinski definition) is 5. The molecule has 0 saturated carbocycles. The van der Waals surface area contributed by atoms with Crippen molar-refractivity contribution in [1.29, 1.82) is 5.26 Å². The van der Waals surface area contributed by atoms with E-state index in [1.54, 1.807) is 0 Å². The fourth-order valence-electron chi connectivity index (χ4n) is 2.63. The van der Waals surface area contributed by atoms with Crippen molar-refractivity contribution in [2.24, 2.45) is 11.1 Å². The molecular formula is C15H20N4O2. The number of hydrogen-bond donors (Lipinski definition) is 2. The topological polar surface area (TPSA) is 101 Å². The average molecular weight is 288 g/mol. The quantitative estimate of drug-likeness (QED) is 0.868. The van der Waals surface area contributed by atoms with Crippen molar-refractivity contribution in [3.05, 3.63) is 22.9 Å². The number of nitriles is 1. The first-order valence-electron chi connectivity index (χ1n) is 6.98. The predicted octanol–water partition coefficient (Wildman–Crippen LogP) is 1.26. The molecule has 2 rings (SSSR count). The second-order valence-corrected chi connectivity index (χ2v) is 5.53. The van der Waals surface area contributed by atoms with E-state index in [0.717, 1.165) is 11.3 Å². The van der Waals surface area contributed by atoms with Crippen LogP contribution >= 0.6 is 0 Å². The molecule has 112 valence electrons. The van der Waals surface area contributed by atoms with Crippen LogP contribution in [-0.4, -0.2) is 30.6 Å². The van der Waals surface area contributed by atoms with Gasteiger partial charge in [0.25, 0.3) is 0 Å². The summed E-state index contributed by atoms with van der Waals surface area (Å²) >= 11 is 0. The molecule has 1 fully saturated rings. The molecule has 3 N–H and O–H groups in total. The van der Waals surface area contributed by atoms with Gasteiger partial charge in [-0.05, 0) is 38.3 Å². The Morgan fingerprint density at radius 2 is 2.19 bits per heavy atom. The van der Waals surface area contributed by atoms with Gasteiger partial charge in [-0.2, -0.15) is 5.26 Å². The number of aryl methyl sites for hydroxylation is 2. The molecule has 21 heavy (non-hydrogen) atoms. The van der Waals surface area contributed by atoms with Gasteiger partial charge in [0.05, 0.1) is 11.0 Å². The Labute approximate surface area is 124 Å². The summed E-state index contributed by atoms with van der Waals surface area (Å²) in [6.45, 7) is 5.16. The van der Waals surface area contributed by atoms with Crippen LogP contribution < -0.4 is 11.1 Å². The van der Waals surface area contributed by atoms with Crippen molar-refractivity contribution in [1.82, 2.24) is 4.98 Å². The Morgan fingerprint density at radius 3 is 2.76 bits per heavy atom. The monoisotopic (exact) mass is 288 g/mol. The smallest absolute Gasteiger partial charge is 0.225 e. The van der Waals surface area contributed by atoms with Crippen LogP contribution in [0.25, 0.3) is 0 Å². The van der Waals surface area contributed by atoms with Crippen molar-refractivity contribution < 1.29 is 9.53 Å². The number of amides is 1. The van der Waals surface area contributed by atoms with E-state index in [1.165, 1.54) is 0 Å². The van der Waals surface area contributed by atoms with E-state index in [-0.39, 0.29) is 5.91 Å². The molecule has 6 nitrogen and oxygen atoms in total. The maximum atomic E-state index is 11.8. The second-order valence-electron chi connectivity index (χ2n) is 5.53. The number of primary amides is 1. The summed E-state index contributed by atoms with van der Waals surface area (Å²) in [4.78, 5) is 16.2. The number of carbonyl (C=O) groups is 1. The van der Waals surface area contributed by atoms with Gasteiger partial charge >= 0.3 is 0 Å². The van der Waals surface area contributed by atoms with Gasteiger partial charge in [-0.25, -0.2) is 4.98 Å². The highest BCUT2D eigenvalue weighted by Gasteiger charge is 2.38. The van der Waals surface area contributed by atoms with Gasteiger partial charge in [0.15, 0.2) is 0 Å². The lowest BCUT2D eigenvalue weighted by Crippen LogP contribution is -2.46. The van der Waals surface area contributed by atoms with E-state index in [0.29, 0.717) is 44.0 Å². The lowest BCUT2D eigenvalue weighted by atomic mass is 9.79. The summed E-state index contributed by atoms with van der Waals surface area (Å²) in [5, 5.41) is 12.4. The van der Waals surface area contributed by atoms with Gasteiger partial charge in [-0.15, -0.1) is 0 Å². The molecule has 6 heteroatoms. The fraction of sp³-hybridized carbons (Fsp3) is 0.533. The second kappa shape index (κ2) is 6.10. The SMILES string of the molecule is Cc1cc(C)c(C#N)c(NCC2(C(N)=O)CCOCC2)n1. The van der Waals surface area contributed by atoms with Crippen LogP contribution in [0, 0.1) is 30.6 Å². The van der Waals surface area contributed by atoms with Crippen molar-refractivity contribution in [3.8, 4) is 6.07 Å². The molecule has 0 aromatic carbocycles. The predicted molar refractivity (Wildman–Crippen MR) is 78.6 cm³/mol. The van der Waals surface area contributed by atoms with Gasteiger partial charge in [-0.3, -0.25) is 4.79 Å². The third-order valence-electron chi connectivity index (χ3n) is 4.02. The largest absolute Gasteiger partial charge is 0.381 e. The minimum Gasteiger partial charge on any atom is -0.381 e. The van der Waals surface area contributed by atoms with Crippen molar-refractivity contribution in [2.45, 2.75) is 26.7 Å². The zero-order chi connectivity index (χ0) is 15.5. The molecule has 2 heterocycles. The zero-order valence-corrected chi connectivity index (χ0v) is 12.4. The van der Waals surface area contributed by atoms with Crippen LogP contribution in [-0.2, 0) is 9.53 Å². The van der Waals surface area contributed by atoms with Crippen molar-refractivity contribution in [2.75, 3.05) is 25.1 Å². The maximum Gasteiger partial charge on any atom is 0.225 e. The zero-order valence-electron chi connectivity index (χ0n) is 12.4. The molecule has 0 bridgehead atoms. The molecule has 0 aliphatic carbocycles. The molecular weight excluding hydrogens is 268 g/mol. The van der Waals surface area contributed by atoms with E-state index in [4.69, 9.17) is 10.5 Å². The highest BCUT2D eigenvalue weighted by Crippen LogP contribution is 2.31. The number of carbonyl (C=O) groups excluding carboxylic acids is 1. The minimum absolute atomic E-state index is 0.332. The number of nitrogens with two attached hydrogens (primary N) is 1. The molecule has 1 aromatic rings. The standard InChI is InChI=1S/C15H20N4O2/c1-10-7-11(2)19-13(12(10)8-16)18-9-15(14(17)20)3-5-21-6-4-15/h7H,3-6,9H2,1-2H3,(H2,17,20)(H,18,19). The van der Waals surface area contributed by atoms with Crippen molar-refractivity contribution >= 4 is 11.7 Å². The number of rotatable bonds is 4. The molecule has 1 aromatic heterocycles. The number of ether oxygens (including phenoxy) is 1. The van der Waals surface area contributed by atoms with Crippen LogP contribution in [0.3, 0.4) is 0 Å². The molecule has 0 atom stereocenters. The number of aromatic nitrogens is 1. The normalized spacial score (nSPS) is 17.0. The van der Waals surface area contributed by atoms with E-state index in [9.17, 15) is 10.1 Å². The molecule has 1 aliphatic heterocycles. The molecule has 0 unspecified atom stereocenters. The van der Waals surface area contributed by atoms with Crippen molar-refractivity contribution in [3.63, 3.8) is 0 Å². The Balaban J connectivity index is 2.22. The fourth-order valence-corrected chi connectivity index (χ4v) is 2.63. The summed E-state index contributed by atoms with van der Waals surface area (Å²) in [5.74, 6) is 0.184.